The molecule has 2 heteroatoms. The summed E-state index contributed by atoms with van der Waals surface area (Å²) in [7, 11) is 0. The third kappa shape index (κ3) is 3.02. The highest BCUT2D eigenvalue weighted by atomic mass is 16.5. The minimum atomic E-state index is 0.0508. The first-order valence-corrected chi connectivity index (χ1v) is 6.46. The van der Waals surface area contributed by atoms with Gasteiger partial charge < -0.3 is 4.74 Å². The Morgan fingerprint density at radius 3 is 2.42 bits per heavy atom. The molecule has 0 bridgehead atoms. The fourth-order valence-corrected chi connectivity index (χ4v) is 2.06. The van der Waals surface area contributed by atoms with Crippen LogP contribution in [0.2, 0.25) is 0 Å². The summed E-state index contributed by atoms with van der Waals surface area (Å²) in [6, 6.07) is 13.2. The van der Waals surface area contributed by atoms with Crippen LogP contribution in [0, 0.1) is 13.8 Å². The number of hydrogen-bond acceptors (Lipinski definition) is 2. The Morgan fingerprint density at radius 1 is 1.05 bits per heavy atom. The molecule has 0 aliphatic carbocycles. The van der Waals surface area contributed by atoms with Crippen LogP contribution in [0.4, 0.5) is 0 Å². The molecule has 2 aromatic rings. The van der Waals surface area contributed by atoms with E-state index in [4.69, 9.17) is 4.74 Å². The second kappa shape index (κ2) is 5.70. The summed E-state index contributed by atoms with van der Waals surface area (Å²) in [5.41, 5.74) is 3.50. The van der Waals surface area contributed by atoms with Crippen molar-refractivity contribution in [3.8, 4) is 5.75 Å². The van der Waals surface area contributed by atoms with Crippen molar-refractivity contribution in [2.45, 2.75) is 20.8 Å². The molecule has 2 rings (SSSR count). The van der Waals surface area contributed by atoms with Gasteiger partial charge in [0.25, 0.3) is 0 Å². The number of benzene rings is 2. The highest BCUT2D eigenvalue weighted by Crippen LogP contribution is 2.21. The molecule has 19 heavy (non-hydrogen) atoms. The Kier molecular flexibility index (Phi) is 4.00. The molecule has 0 aliphatic heterocycles. The fraction of sp³-hybridized carbons (Fsp3) is 0.235. The summed E-state index contributed by atoms with van der Waals surface area (Å²) in [6.45, 7) is 6.52. The number of carbonyl (C=O) groups is 1. The SMILES string of the molecule is CCOc1ccc(C(=O)c2cccc(C)c2)cc1C. The van der Waals surface area contributed by atoms with Crippen LogP contribution >= 0.6 is 0 Å². The van der Waals surface area contributed by atoms with E-state index in [1.165, 1.54) is 0 Å². The smallest absolute Gasteiger partial charge is 0.193 e. The van der Waals surface area contributed by atoms with Crippen LogP contribution in [0.1, 0.15) is 34.0 Å². The molecule has 2 nitrogen and oxygen atoms in total. The van der Waals surface area contributed by atoms with Crippen molar-refractivity contribution in [3.63, 3.8) is 0 Å². The van der Waals surface area contributed by atoms with Crippen molar-refractivity contribution in [1.82, 2.24) is 0 Å². The van der Waals surface area contributed by atoms with Gasteiger partial charge in [-0.3, -0.25) is 4.79 Å². The van der Waals surface area contributed by atoms with Crippen LogP contribution < -0.4 is 4.74 Å². The molecule has 0 aromatic heterocycles. The van der Waals surface area contributed by atoms with Gasteiger partial charge in [-0.15, -0.1) is 0 Å². The van der Waals surface area contributed by atoms with Gasteiger partial charge in [0.15, 0.2) is 5.78 Å². The Bertz CT molecular complexity index is 600. The van der Waals surface area contributed by atoms with E-state index in [0.29, 0.717) is 12.2 Å². The van der Waals surface area contributed by atoms with E-state index < -0.39 is 0 Å². The average molecular weight is 254 g/mol. The van der Waals surface area contributed by atoms with E-state index in [2.05, 4.69) is 0 Å². The number of aryl methyl sites for hydroxylation is 2. The van der Waals surface area contributed by atoms with E-state index in [0.717, 1.165) is 22.4 Å². The topological polar surface area (TPSA) is 26.3 Å². The maximum Gasteiger partial charge on any atom is 0.193 e. The summed E-state index contributed by atoms with van der Waals surface area (Å²) in [5, 5.41) is 0. The van der Waals surface area contributed by atoms with Crippen molar-refractivity contribution in [2.24, 2.45) is 0 Å². The molecule has 0 radical (unpaired) electrons. The molecule has 0 unspecified atom stereocenters. The Hall–Kier alpha value is -2.09. The van der Waals surface area contributed by atoms with Gasteiger partial charge in [-0.2, -0.15) is 0 Å². The summed E-state index contributed by atoms with van der Waals surface area (Å²) >= 11 is 0. The third-order valence-corrected chi connectivity index (χ3v) is 3.02. The normalized spacial score (nSPS) is 10.3. The molecule has 0 saturated heterocycles. The molecule has 0 saturated carbocycles. The lowest BCUT2D eigenvalue weighted by molar-refractivity contribution is 0.103. The van der Waals surface area contributed by atoms with Crippen molar-refractivity contribution in [3.05, 3.63) is 64.7 Å². The number of carbonyl (C=O) groups excluding carboxylic acids is 1. The maximum absolute atomic E-state index is 12.4. The van der Waals surface area contributed by atoms with Crippen molar-refractivity contribution in [2.75, 3.05) is 6.61 Å². The van der Waals surface area contributed by atoms with E-state index in [-0.39, 0.29) is 5.78 Å². The van der Waals surface area contributed by atoms with Gasteiger partial charge in [-0.25, -0.2) is 0 Å². The predicted molar refractivity (Wildman–Crippen MR) is 77.0 cm³/mol. The summed E-state index contributed by atoms with van der Waals surface area (Å²) in [6.07, 6.45) is 0. The van der Waals surface area contributed by atoms with Crippen LogP contribution in [0.5, 0.6) is 5.75 Å². The number of ether oxygens (including phenoxy) is 1. The number of ketones is 1. The summed E-state index contributed by atoms with van der Waals surface area (Å²) in [4.78, 5) is 12.4. The fourth-order valence-electron chi connectivity index (χ4n) is 2.06. The molecule has 0 N–H and O–H groups in total. The van der Waals surface area contributed by atoms with Gasteiger partial charge in [0.05, 0.1) is 6.61 Å². The van der Waals surface area contributed by atoms with Crippen LogP contribution in [0.3, 0.4) is 0 Å². The van der Waals surface area contributed by atoms with Gasteiger partial charge >= 0.3 is 0 Å². The first-order valence-electron chi connectivity index (χ1n) is 6.46. The van der Waals surface area contributed by atoms with Gasteiger partial charge in [0, 0.05) is 11.1 Å². The van der Waals surface area contributed by atoms with Crippen LogP contribution in [-0.2, 0) is 0 Å². The standard InChI is InChI=1S/C17H18O2/c1-4-19-16-9-8-15(11-13(16)3)17(18)14-7-5-6-12(2)10-14/h5-11H,4H2,1-3H3. The molecule has 98 valence electrons. The van der Waals surface area contributed by atoms with Gasteiger partial charge in [0.2, 0.25) is 0 Å². The van der Waals surface area contributed by atoms with E-state index >= 15 is 0 Å². The minimum Gasteiger partial charge on any atom is -0.494 e. The predicted octanol–water partition coefficient (Wildman–Crippen LogP) is 3.93. The van der Waals surface area contributed by atoms with E-state index in [1.54, 1.807) is 0 Å². The van der Waals surface area contributed by atoms with E-state index in [9.17, 15) is 4.79 Å². The van der Waals surface area contributed by atoms with E-state index in [1.807, 2.05) is 63.2 Å². The molecule has 0 atom stereocenters. The zero-order chi connectivity index (χ0) is 13.8. The Balaban J connectivity index is 2.32. The lowest BCUT2D eigenvalue weighted by atomic mass is 10.00. The van der Waals surface area contributed by atoms with Crippen molar-refractivity contribution >= 4 is 5.78 Å². The zero-order valence-electron chi connectivity index (χ0n) is 11.6. The molecule has 2 aromatic carbocycles. The third-order valence-electron chi connectivity index (χ3n) is 3.02. The quantitative estimate of drug-likeness (QED) is 0.773. The second-order valence-electron chi connectivity index (χ2n) is 4.61. The highest BCUT2D eigenvalue weighted by molar-refractivity contribution is 6.09. The van der Waals surface area contributed by atoms with Gasteiger partial charge in [-0.05, 0) is 50.6 Å². The maximum atomic E-state index is 12.4. The van der Waals surface area contributed by atoms with Gasteiger partial charge in [0.1, 0.15) is 5.75 Å². The molecule has 0 heterocycles. The first-order chi connectivity index (χ1) is 9.11. The molecule has 0 fully saturated rings. The lowest BCUT2D eigenvalue weighted by Gasteiger charge is -2.09. The average Bonchev–Trinajstić information content (AvgIpc) is 2.40. The Labute approximate surface area is 114 Å². The molecular formula is C17H18O2. The van der Waals surface area contributed by atoms with Crippen LogP contribution in [0.15, 0.2) is 42.5 Å². The molecule has 0 spiro atoms. The molecule has 0 aliphatic rings. The van der Waals surface area contributed by atoms with Crippen molar-refractivity contribution < 1.29 is 9.53 Å². The van der Waals surface area contributed by atoms with Crippen molar-refractivity contribution in [1.29, 1.82) is 0 Å². The lowest BCUT2D eigenvalue weighted by Crippen LogP contribution is -2.03. The first kappa shape index (κ1) is 13.3. The largest absolute Gasteiger partial charge is 0.494 e. The monoisotopic (exact) mass is 254 g/mol. The summed E-state index contributed by atoms with van der Waals surface area (Å²) in [5.74, 6) is 0.887. The summed E-state index contributed by atoms with van der Waals surface area (Å²) < 4.78 is 5.48. The molecular weight excluding hydrogens is 236 g/mol. The zero-order valence-corrected chi connectivity index (χ0v) is 11.6. The minimum absolute atomic E-state index is 0.0508. The van der Waals surface area contributed by atoms with Gasteiger partial charge in [-0.1, -0.05) is 23.8 Å². The van der Waals surface area contributed by atoms with Crippen LogP contribution in [-0.4, -0.2) is 12.4 Å². The Morgan fingerprint density at radius 2 is 1.79 bits per heavy atom. The van der Waals surface area contributed by atoms with Crippen LogP contribution in [0.25, 0.3) is 0 Å². The molecule has 0 amide bonds. The highest BCUT2D eigenvalue weighted by Gasteiger charge is 2.10. The number of rotatable bonds is 4. The second-order valence-corrected chi connectivity index (χ2v) is 4.61. The number of hydrogen-bond donors (Lipinski definition) is 0.